The lowest BCUT2D eigenvalue weighted by Gasteiger charge is -1.93. The van der Waals surface area contributed by atoms with Gasteiger partial charge in [-0.1, -0.05) is 25.8 Å². The molecular weight excluding hydrogens is 176 g/mol. The van der Waals surface area contributed by atoms with Crippen molar-refractivity contribution in [1.82, 2.24) is 0 Å². The van der Waals surface area contributed by atoms with Crippen LogP contribution in [0.5, 0.6) is 0 Å². The van der Waals surface area contributed by atoms with Crippen LogP contribution in [0.25, 0.3) is 0 Å². The lowest BCUT2D eigenvalue weighted by atomic mass is 10.1. The van der Waals surface area contributed by atoms with Gasteiger partial charge in [0.25, 0.3) is 0 Å². The van der Waals surface area contributed by atoms with E-state index in [1.54, 1.807) is 19.1 Å². The lowest BCUT2D eigenvalue weighted by Crippen LogP contribution is -1.92. The third kappa shape index (κ3) is 9.17. The van der Waals surface area contributed by atoms with Gasteiger partial charge < -0.3 is 4.79 Å². The van der Waals surface area contributed by atoms with E-state index >= 15 is 0 Å². The van der Waals surface area contributed by atoms with Crippen molar-refractivity contribution in [2.24, 2.45) is 0 Å². The topological polar surface area (TPSA) is 34.1 Å². The van der Waals surface area contributed by atoms with Gasteiger partial charge in [0.2, 0.25) is 0 Å². The Kier molecular flexibility index (Phi) is 8.10. The molecule has 0 spiro atoms. The predicted octanol–water partition coefficient (Wildman–Crippen LogP) is 3.06. The number of carbonyl (C=O) groups excluding carboxylic acids is 2. The molecule has 80 valence electrons. The molecule has 0 heterocycles. The van der Waals surface area contributed by atoms with Gasteiger partial charge >= 0.3 is 0 Å². The predicted molar refractivity (Wildman–Crippen MR) is 58.2 cm³/mol. The van der Waals surface area contributed by atoms with Crippen molar-refractivity contribution in [3.05, 3.63) is 12.2 Å². The fourth-order valence-electron chi connectivity index (χ4n) is 1.13. The standard InChI is InChI=1S/C12H20O2/c1-3-4-5-9-12(14)10-7-6-8-11(2)13/h7,10H,3-6,8-9H2,1-2H3. The van der Waals surface area contributed by atoms with E-state index in [-0.39, 0.29) is 11.6 Å². The summed E-state index contributed by atoms with van der Waals surface area (Å²) in [4.78, 5) is 21.8. The van der Waals surface area contributed by atoms with Crippen LogP contribution in [0, 0.1) is 0 Å². The molecule has 0 atom stereocenters. The Balaban J connectivity index is 3.45. The lowest BCUT2D eigenvalue weighted by molar-refractivity contribution is -0.117. The van der Waals surface area contributed by atoms with Gasteiger partial charge in [0.05, 0.1) is 0 Å². The first-order valence-corrected chi connectivity index (χ1v) is 5.35. The van der Waals surface area contributed by atoms with Crippen LogP contribution < -0.4 is 0 Å². The fraction of sp³-hybridized carbons (Fsp3) is 0.667. The van der Waals surface area contributed by atoms with Crippen molar-refractivity contribution in [3.8, 4) is 0 Å². The zero-order valence-electron chi connectivity index (χ0n) is 9.21. The number of rotatable bonds is 8. The highest BCUT2D eigenvalue weighted by Crippen LogP contribution is 2.01. The molecule has 0 radical (unpaired) electrons. The number of unbranched alkanes of at least 4 members (excludes halogenated alkanes) is 2. The highest BCUT2D eigenvalue weighted by atomic mass is 16.1. The molecule has 0 rings (SSSR count). The smallest absolute Gasteiger partial charge is 0.155 e. The highest BCUT2D eigenvalue weighted by Gasteiger charge is 1.95. The van der Waals surface area contributed by atoms with Gasteiger partial charge in [0, 0.05) is 12.8 Å². The Morgan fingerprint density at radius 3 is 2.43 bits per heavy atom. The molecule has 0 saturated carbocycles. The SMILES string of the molecule is CCCCCC(=O)C=CCCC(C)=O. The average Bonchev–Trinajstić information content (AvgIpc) is 2.13. The molecule has 0 aliphatic heterocycles. The summed E-state index contributed by atoms with van der Waals surface area (Å²) in [5.41, 5.74) is 0. The van der Waals surface area contributed by atoms with Crippen LogP contribution in [0.1, 0.15) is 52.4 Å². The summed E-state index contributed by atoms with van der Waals surface area (Å²) in [6.45, 7) is 3.68. The van der Waals surface area contributed by atoms with E-state index in [1.807, 2.05) is 0 Å². The summed E-state index contributed by atoms with van der Waals surface area (Å²) in [6.07, 6.45) is 8.52. The first kappa shape index (κ1) is 13.1. The van der Waals surface area contributed by atoms with Crippen LogP contribution in [-0.4, -0.2) is 11.6 Å². The molecule has 0 unspecified atom stereocenters. The number of carbonyl (C=O) groups is 2. The Bertz CT molecular complexity index is 204. The number of ketones is 2. The van der Waals surface area contributed by atoms with E-state index in [9.17, 15) is 9.59 Å². The molecule has 0 aliphatic rings. The number of Topliss-reactive ketones (excluding diaryl/α,β-unsaturated/α-hetero) is 1. The molecule has 14 heavy (non-hydrogen) atoms. The third-order valence-corrected chi connectivity index (χ3v) is 1.99. The zero-order valence-corrected chi connectivity index (χ0v) is 9.21. The molecule has 2 nitrogen and oxygen atoms in total. The third-order valence-electron chi connectivity index (χ3n) is 1.99. The van der Waals surface area contributed by atoms with Crippen LogP contribution in [0.3, 0.4) is 0 Å². The molecule has 0 bridgehead atoms. The molecule has 0 fully saturated rings. The minimum atomic E-state index is 0.174. The summed E-state index contributed by atoms with van der Waals surface area (Å²) < 4.78 is 0. The Morgan fingerprint density at radius 1 is 1.14 bits per heavy atom. The zero-order chi connectivity index (χ0) is 10.8. The van der Waals surface area contributed by atoms with E-state index in [0.29, 0.717) is 19.3 Å². The maximum atomic E-state index is 11.2. The molecule has 0 aromatic heterocycles. The summed E-state index contributed by atoms with van der Waals surface area (Å²) in [6, 6.07) is 0. The number of allylic oxidation sites excluding steroid dienone is 2. The molecule has 0 aliphatic carbocycles. The largest absolute Gasteiger partial charge is 0.300 e. The maximum Gasteiger partial charge on any atom is 0.155 e. The minimum Gasteiger partial charge on any atom is -0.300 e. The number of hydrogen-bond acceptors (Lipinski definition) is 2. The van der Waals surface area contributed by atoms with Crippen LogP contribution in [0.2, 0.25) is 0 Å². The first-order valence-electron chi connectivity index (χ1n) is 5.35. The Labute approximate surface area is 86.4 Å². The maximum absolute atomic E-state index is 11.2. The van der Waals surface area contributed by atoms with Gasteiger partial charge in [-0.05, 0) is 25.8 Å². The van der Waals surface area contributed by atoms with Crippen LogP contribution in [0.15, 0.2) is 12.2 Å². The summed E-state index contributed by atoms with van der Waals surface area (Å²) in [5.74, 6) is 0.357. The monoisotopic (exact) mass is 196 g/mol. The van der Waals surface area contributed by atoms with Crippen molar-refractivity contribution in [3.63, 3.8) is 0 Å². The second-order valence-electron chi connectivity index (χ2n) is 3.57. The van der Waals surface area contributed by atoms with E-state index in [4.69, 9.17) is 0 Å². The normalized spacial score (nSPS) is 10.7. The van der Waals surface area contributed by atoms with Gasteiger partial charge in [0.15, 0.2) is 5.78 Å². The highest BCUT2D eigenvalue weighted by molar-refractivity contribution is 5.89. The van der Waals surface area contributed by atoms with E-state index in [2.05, 4.69) is 6.92 Å². The van der Waals surface area contributed by atoms with Gasteiger partial charge in [-0.25, -0.2) is 0 Å². The summed E-state index contributed by atoms with van der Waals surface area (Å²) >= 11 is 0. The molecule has 0 N–H and O–H groups in total. The van der Waals surface area contributed by atoms with Gasteiger partial charge in [-0.3, -0.25) is 4.79 Å². The first-order chi connectivity index (χ1) is 6.66. The molecule has 0 aromatic carbocycles. The fourth-order valence-corrected chi connectivity index (χ4v) is 1.13. The Hall–Kier alpha value is -0.920. The van der Waals surface area contributed by atoms with Crippen LogP contribution in [0.4, 0.5) is 0 Å². The van der Waals surface area contributed by atoms with Gasteiger partial charge in [-0.15, -0.1) is 0 Å². The molecule has 0 saturated heterocycles. The second kappa shape index (κ2) is 8.67. The van der Waals surface area contributed by atoms with E-state index < -0.39 is 0 Å². The van der Waals surface area contributed by atoms with Crippen molar-refractivity contribution < 1.29 is 9.59 Å². The van der Waals surface area contributed by atoms with Crippen molar-refractivity contribution >= 4 is 11.6 Å². The quantitative estimate of drug-likeness (QED) is 0.441. The van der Waals surface area contributed by atoms with Crippen LogP contribution >= 0.6 is 0 Å². The molecule has 0 aromatic rings. The van der Waals surface area contributed by atoms with E-state index in [0.717, 1.165) is 19.3 Å². The summed E-state index contributed by atoms with van der Waals surface area (Å²) in [5, 5.41) is 0. The van der Waals surface area contributed by atoms with Gasteiger partial charge in [0.1, 0.15) is 5.78 Å². The van der Waals surface area contributed by atoms with Crippen molar-refractivity contribution in [2.45, 2.75) is 52.4 Å². The van der Waals surface area contributed by atoms with Gasteiger partial charge in [-0.2, -0.15) is 0 Å². The average molecular weight is 196 g/mol. The van der Waals surface area contributed by atoms with E-state index in [1.165, 1.54) is 0 Å². The summed E-state index contributed by atoms with van der Waals surface area (Å²) in [7, 11) is 0. The Morgan fingerprint density at radius 2 is 1.86 bits per heavy atom. The molecule has 0 amide bonds. The second-order valence-corrected chi connectivity index (χ2v) is 3.57. The molecular formula is C12H20O2. The van der Waals surface area contributed by atoms with Crippen molar-refractivity contribution in [2.75, 3.05) is 0 Å². The molecule has 2 heteroatoms. The minimum absolute atomic E-state index is 0.174. The van der Waals surface area contributed by atoms with Crippen molar-refractivity contribution in [1.29, 1.82) is 0 Å². The van der Waals surface area contributed by atoms with Crippen LogP contribution in [-0.2, 0) is 9.59 Å². The number of hydrogen-bond donors (Lipinski definition) is 0.